The summed E-state index contributed by atoms with van der Waals surface area (Å²) < 4.78 is 6.86. The first-order valence-electron chi connectivity index (χ1n) is 8.37. The fourth-order valence-electron chi connectivity index (χ4n) is 2.78. The maximum absolute atomic E-state index is 12.8. The SMILES string of the molecule is COc1c(NC(=O)c2sc(NC(=O)c3ccccc3Cl)cc2C)c(C)nn1C. The van der Waals surface area contributed by atoms with E-state index in [0.717, 1.165) is 5.56 Å². The monoisotopic (exact) mass is 418 g/mol. The van der Waals surface area contributed by atoms with Gasteiger partial charge in [-0.25, -0.2) is 4.68 Å². The number of hydrogen-bond acceptors (Lipinski definition) is 5. The van der Waals surface area contributed by atoms with E-state index < -0.39 is 0 Å². The molecule has 1 aromatic carbocycles. The molecule has 0 saturated carbocycles. The third kappa shape index (κ3) is 3.88. The zero-order valence-electron chi connectivity index (χ0n) is 15.8. The number of nitrogens with one attached hydrogen (secondary N) is 2. The van der Waals surface area contributed by atoms with Crippen LogP contribution in [0.5, 0.6) is 5.88 Å². The maximum atomic E-state index is 12.8. The molecule has 146 valence electrons. The Kier molecular flexibility index (Phi) is 5.71. The molecule has 0 atom stereocenters. The van der Waals surface area contributed by atoms with Crippen molar-refractivity contribution in [2.45, 2.75) is 13.8 Å². The third-order valence-corrected chi connectivity index (χ3v) is 5.56. The van der Waals surface area contributed by atoms with Crippen LogP contribution in [0.25, 0.3) is 0 Å². The molecule has 0 fully saturated rings. The lowest BCUT2D eigenvalue weighted by Crippen LogP contribution is -2.13. The van der Waals surface area contributed by atoms with Crippen molar-refractivity contribution < 1.29 is 14.3 Å². The number of nitrogens with zero attached hydrogens (tertiary/aromatic N) is 2. The van der Waals surface area contributed by atoms with Gasteiger partial charge in [0.2, 0.25) is 5.88 Å². The quantitative estimate of drug-likeness (QED) is 0.648. The third-order valence-electron chi connectivity index (χ3n) is 4.08. The number of hydrogen-bond donors (Lipinski definition) is 2. The van der Waals surface area contributed by atoms with Crippen LogP contribution in [0.1, 0.15) is 31.3 Å². The molecule has 9 heteroatoms. The second kappa shape index (κ2) is 8.04. The summed E-state index contributed by atoms with van der Waals surface area (Å²) in [5.41, 5.74) is 2.29. The molecule has 2 aromatic heterocycles. The molecule has 0 aliphatic heterocycles. The van der Waals surface area contributed by atoms with E-state index in [0.29, 0.717) is 37.7 Å². The predicted molar refractivity (Wildman–Crippen MR) is 111 cm³/mol. The number of halogens is 1. The van der Waals surface area contributed by atoms with Crippen molar-refractivity contribution in [2.75, 3.05) is 17.7 Å². The predicted octanol–water partition coefficient (Wildman–Crippen LogP) is 4.27. The smallest absolute Gasteiger partial charge is 0.266 e. The van der Waals surface area contributed by atoms with Crippen LogP contribution in [0, 0.1) is 13.8 Å². The molecule has 2 N–H and O–H groups in total. The van der Waals surface area contributed by atoms with Crippen molar-refractivity contribution in [1.29, 1.82) is 0 Å². The summed E-state index contributed by atoms with van der Waals surface area (Å²) in [6.45, 7) is 3.60. The fraction of sp³-hybridized carbons (Fsp3) is 0.211. The molecular formula is C19H19ClN4O3S. The molecule has 2 heterocycles. The Labute approximate surface area is 171 Å². The van der Waals surface area contributed by atoms with Crippen molar-refractivity contribution in [2.24, 2.45) is 7.05 Å². The van der Waals surface area contributed by atoms with Crippen molar-refractivity contribution in [3.05, 3.63) is 57.1 Å². The van der Waals surface area contributed by atoms with Crippen molar-refractivity contribution in [1.82, 2.24) is 9.78 Å². The highest BCUT2D eigenvalue weighted by Gasteiger charge is 2.21. The Morgan fingerprint density at radius 1 is 1.18 bits per heavy atom. The van der Waals surface area contributed by atoms with E-state index in [9.17, 15) is 9.59 Å². The molecule has 3 aromatic rings. The molecule has 7 nitrogen and oxygen atoms in total. The van der Waals surface area contributed by atoms with Crippen LogP contribution in [0.2, 0.25) is 5.02 Å². The van der Waals surface area contributed by atoms with Gasteiger partial charge >= 0.3 is 0 Å². The number of carbonyl (C=O) groups excluding carboxylic acids is 2. The second-order valence-corrected chi connectivity index (χ2v) is 7.56. The van der Waals surface area contributed by atoms with Gasteiger partial charge in [-0.15, -0.1) is 11.3 Å². The number of ether oxygens (including phenoxy) is 1. The van der Waals surface area contributed by atoms with Gasteiger partial charge in [0.25, 0.3) is 11.8 Å². The van der Waals surface area contributed by atoms with Gasteiger partial charge in [-0.05, 0) is 37.6 Å². The number of benzene rings is 1. The lowest BCUT2D eigenvalue weighted by Gasteiger charge is -2.06. The highest BCUT2D eigenvalue weighted by atomic mass is 35.5. The van der Waals surface area contributed by atoms with Crippen molar-refractivity contribution >= 4 is 45.4 Å². The first kappa shape index (κ1) is 19.9. The molecule has 0 spiro atoms. The Morgan fingerprint density at radius 2 is 1.89 bits per heavy atom. The van der Waals surface area contributed by atoms with Crippen LogP contribution in [-0.4, -0.2) is 28.7 Å². The van der Waals surface area contributed by atoms with Crippen LogP contribution in [0.3, 0.4) is 0 Å². The molecule has 0 unspecified atom stereocenters. The van der Waals surface area contributed by atoms with E-state index in [-0.39, 0.29) is 11.8 Å². The first-order chi connectivity index (χ1) is 13.3. The number of aromatic nitrogens is 2. The van der Waals surface area contributed by atoms with E-state index in [2.05, 4.69) is 15.7 Å². The number of aryl methyl sites for hydroxylation is 3. The maximum Gasteiger partial charge on any atom is 0.266 e. The van der Waals surface area contributed by atoms with E-state index in [1.807, 2.05) is 6.92 Å². The highest BCUT2D eigenvalue weighted by molar-refractivity contribution is 7.18. The molecule has 0 aliphatic rings. The zero-order valence-corrected chi connectivity index (χ0v) is 17.4. The molecule has 3 rings (SSSR count). The van der Waals surface area contributed by atoms with Gasteiger partial charge in [-0.2, -0.15) is 5.10 Å². The lowest BCUT2D eigenvalue weighted by molar-refractivity contribution is 0.102. The summed E-state index contributed by atoms with van der Waals surface area (Å²) in [4.78, 5) is 25.7. The van der Waals surface area contributed by atoms with Crippen LogP contribution < -0.4 is 15.4 Å². The Hall–Kier alpha value is -2.84. The molecular weight excluding hydrogens is 400 g/mol. The van der Waals surface area contributed by atoms with Crippen LogP contribution >= 0.6 is 22.9 Å². The van der Waals surface area contributed by atoms with Crippen molar-refractivity contribution in [3.63, 3.8) is 0 Å². The molecule has 28 heavy (non-hydrogen) atoms. The van der Waals surface area contributed by atoms with Gasteiger partial charge in [-0.1, -0.05) is 23.7 Å². The minimum Gasteiger partial charge on any atom is -0.480 e. The Bertz CT molecular complexity index is 1060. The van der Waals surface area contributed by atoms with Gasteiger partial charge in [-0.3, -0.25) is 9.59 Å². The number of amides is 2. The average Bonchev–Trinajstić information content (AvgIpc) is 3.13. The van der Waals surface area contributed by atoms with Crippen LogP contribution in [0.15, 0.2) is 30.3 Å². The summed E-state index contributed by atoms with van der Waals surface area (Å²) in [5, 5.41) is 10.8. The number of carbonyl (C=O) groups is 2. The Morgan fingerprint density at radius 3 is 2.57 bits per heavy atom. The van der Waals surface area contributed by atoms with Crippen LogP contribution in [0.4, 0.5) is 10.7 Å². The van der Waals surface area contributed by atoms with Crippen LogP contribution in [-0.2, 0) is 7.05 Å². The minimum atomic E-state index is -0.330. The highest BCUT2D eigenvalue weighted by Crippen LogP contribution is 2.31. The number of thiophene rings is 1. The normalized spacial score (nSPS) is 10.6. The zero-order chi connectivity index (χ0) is 20.4. The molecule has 0 radical (unpaired) electrons. The fourth-order valence-corrected chi connectivity index (χ4v) is 3.96. The van der Waals surface area contributed by atoms with Gasteiger partial charge in [0.15, 0.2) is 0 Å². The summed E-state index contributed by atoms with van der Waals surface area (Å²) in [5.74, 6) is -0.161. The van der Waals surface area contributed by atoms with E-state index in [1.165, 1.54) is 18.4 Å². The summed E-state index contributed by atoms with van der Waals surface area (Å²) in [6, 6.07) is 8.54. The molecule has 0 aliphatic carbocycles. The number of methoxy groups -OCH3 is 1. The molecule has 2 amide bonds. The lowest BCUT2D eigenvalue weighted by atomic mass is 10.2. The summed E-state index contributed by atoms with van der Waals surface area (Å²) >= 11 is 7.25. The topological polar surface area (TPSA) is 85.2 Å². The van der Waals surface area contributed by atoms with Crippen molar-refractivity contribution in [3.8, 4) is 5.88 Å². The van der Waals surface area contributed by atoms with Gasteiger partial charge in [0.1, 0.15) is 5.69 Å². The van der Waals surface area contributed by atoms with E-state index in [1.54, 1.807) is 49.0 Å². The standard InChI is InChI=1S/C19H19ClN4O3S/c1-10-9-14(21-17(25)12-7-5-6-8-13(12)20)28-16(10)18(26)22-15-11(2)23-24(3)19(15)27-4/h5-9H,1-4H3,(H,21,25)(H,22,26). The van der Waals surface area contributed by atoms with E-state index >= 15 is 0 Å². The molecule has 0 saturated heterocycles. The average molecular weight is 419 g/mol. The van der Waals surface area contributed by atoms with E-state index in [4.69, 9.17) is 16.3 Å². The minimum absolute atomic E-state index is 0.296. The second-order valence-electron chi connectivity index (χ2n) is 6.10. The number of anilines is 2. The van der Waals surface area contributed by atoms with Gasteiger partial charge < -0.3 is 15.4 Å². The number of rotatable bonds is 5. The summed E-state index contributed by atoms with van der Waals surface area (Å²) in [7, 11) is 3.26. The summed E-state index contributed by atoms with van der Waals surface area (Å²) in [6.07, 6.45) is 0. The Balaban J connectivity index is 1.80. The largest absolute Gasteiger partial charge is 0.480 e. The molecule has 0 bridgehead atoms. The first-order valence-corrected chi connectivity index (χ1v) is 9.56. The van der Waals surface area contributed by atoms with Gasteiger partial charge in [0, 0.05) is 7.05 Å². The van der Waals surface area contributed by atoms with Gasteiger partial charge in [0.05, 0.1) is 33.3 Å².